The molecule has 0 aromatic heterocycles. The monoisotopic (exact) mass is 721 g/mol. The van der Waals surface area contributed by atoms with E-state index in [1.165, 1.54) is 4.90 Å². The molecule has 1 fully saturated rings. The van der Waals surface area contributed by atoms with Crippen molar-refractivity contribution in [3.63, 3.8) is 0 Å². The fourth-order valence-electron chi connectivity index (χ4n) is 6.55. The molecule has 278 valence electrons. The topological polar surface area (TPSA) is 128 Å². The zero-order valence-corrected chi connectivity index (χ0v) is 30.7. The van der Waals surface area contributed by atoms with E-state index in [2.05, 4.69) is 31.4 Å². The van der Waals surface area contributed by atoms with Crippen LogP contribution in [-0.2, 0) is 25.3 Å². The third-order valence-corrected chi connectivity index (χ3v) is 9.51. The van der Waals surface area contributed by atoms with E-state index in [1.54, 1.807) is 26.5 Å². The van der Waals surface area contributed by atoms with Gasteiger partial charge in [0.15, 0.2) is 6.61 Å². The molecule has 0 spiro atoms. The van der Waals surface area contributed by atoms with Crippen LogP contribution in [0.1, 0.15) is 49.4 Å². The molecule has 1 unspecified atom stereocenters. The van der Waals surface area contributed by atoms with Gasteiger partial charge < -0.3 is 39.4 Å². The van der Waals surface area contributed by atoms with Gasteiger partial charge in [0.2, 0.25) is 0 Å². The summed E-state index contributed by atoms with van der Waals surface area (Å²) in [6.07, 6.45) is 0.169. The van der Waals surface area contributed by atoms with Gasteiger partial charge in [-0.05, 0) is 70.1 Å². The molecular weight excluding hydrogens is 674 g/mol. The second-order valence-corrected chi connectivity index (χ2v) is 14.1. The minimum absolute atomic E-state index is 0.00140. The first-order chi connectivity index (χ1) is 25.5. The van der Waals surface area contributed by atoms with Crippen molar-refractivity contribution < 1.29 is 38.4 Å². The molecule has 0 radical (unpaired) electrons. The van der Waals surface area contributed by atoms with Crippen molar-refractivity contribution in [2.45, 2.75) is 62.8 Å². The van der Waals surface area contributed by atoms with Crippen LogP contribution in [0.2, 0.25) is 0 Å². The second-order valence-electron chi connectivity index (χ2n) is 14.1. The van der Waals surface area contributed by atoms with E-state index in [1.807, 2.05) is 103 Å². The van der Waals surface area contributed by atoms with Crippen molar-refractivity contribution in [3.05, 3.63) is 138 Å². The summed E-state index contributed by atoms with van der Waals surface area (Å²) < 4.78 is 29.7. The van der Waals surface area contributed by atoms with Crippen LogP contribution >= 0.6 is 0 Å². The minimum atomic E-state index is -1.10. The maximum absolute atomic E-state index is 13.2. The summed E-state index contributed by atoms with van der Waals surface area (Å²) in [7, 11) is 3.24. The number of urea groups is 1. The third-order valence-electron chi connectivity index (χ3n) is 9.51. The van der Waals surface area contributed by atoms with Gasteiger partial charge in [-0.3, -0.25) is 9.69 Å². The molecule has 0 saturated carbocycles. The number of hydrogen-bond acceptors (Lipinski definition) is 8. The van der Waals surface area contributed by atoms with Crippen LogP contribution in [0.5, 0.6) is 17.2 Å². The molecule has 2 heterocycles. The Labute approximate surface area is 310 Å². The fraction of sp³-hybridized carbons (Fsp3) is 0.333. The van der Waals surface area contributed by atoms with E-state index in [4.69, 9.17) is 23.7 Å². The maximum Gasteiger partial charge on any atom is 0.325 e. The Hall–Kier alpha value is -5.36. The summed E-state index contributed by atoms with van der Waals surface area (Å²) in [6.45, 7) is 6.17. The van der Waals surface area contributed by atoms with E-state index in [0.29, 0.717) is 17.2 Å². The molecule has 6 rings (SSSR count). The van der Waals surface area contributed by atoms with Gasteiger partial charge in [0.05, 0.1) is 26.9 Å². The molecule has 0 aliphatic carbocycles. The predicted molar refractivity (Wildman–Crippen MR) is 200 cm³/mol. The number of aliphatic hydroxyl groups excluding tert-OH is 1. The van der Waals surface area contributed by atoms with Gasteiger partial charge in [-0.15, -0.1) is 0 Å². The average molecular weight is 722 g/mol. The highest BCUT2D eigenvalue weighted by atomic mass is 16.6. The number of ether oxygens (including phenoxy) is 5. The zero-order chi connectivity index (χ0) is 37.6. The Kier molecular flexibility index (Phi) is 11.4. The number of carbonyl (C=O) groups is 2. The summed E-state index contributed by atoms with van der Waals surface area (Å²) in [4.78, 5) is 27.2. The number of rotatable bonds is 13. The molecule has 3 N–H and O–H groups in total. The van der Waals surface area contributed by atoms with Crippen molar-refractivity contribution in [1.29, 1.82) is 0 Å². The molecule has 4 atom stereocenters. The Bertz CT molecular complexity index is 1810. The lowest BCUT2D eigenvalue weighted by Crippen LogP contribution is -2.56. The average Bonchev–Trinajstić information content (AvgIpc) is 3.54. The lowest BCUT2D eigenvalue weighted by Gasteiger charge is -2.37. The standard InChI is InChI=1S/C42H47N3O8/c1-41(2,3)28-11-21-34(22-12-28)51-27-38(47)43-37-23-24-45(40(48)44-37)39-25-35(46)36(53-39)26-52-42(29-9-7-6-8-10-29,30-13-17-32(49-4)18-14-30)31-15-19-33(50-5)20-16-31/h6-24,35-37,39,46H,25-27H2,1-5H3,(H,43,47)(H,44,48)/t35-,36+,37?,39+/m0/s1. The number of methoxy groups -OCH3 is 2. The van der Waals surface area contributed by atoms with E-state index in [-0.39, 0.29) is 25.0 Å². The Morgan fingerprint density at radius 1 is 0.830 bits per heavy atom. The van der Waals surface area contributed by atoms with Gasteiger partial charge >= 0.3 is 6.03 Å². The van der Waals surface area contributed by atoms with Crippen LogP contribution < -0.4 is 24.8 Å². The number of nitrogens with one attached hydrogen (secondary N) is 2. The zero-order valence-electron chi connectivity index (χ0n) is 30.7. The first kappa shape index (κ1) is 37.4. The number of benzene rings is 4. The molecule has 2 aliphatic rings. The highest BCUT2D eigenvalue weighted by Crippen LogP contribution is 2.42. The van der Waals surface area contributed by atoms with Crippen LogP contribution in [0.4, 0.5) is 4.79 Å². The van der Waals surface area contributed by atoms with Crippen molar-refractivity contribution >= 4 is 11.9 Å². The first-order valence-electron chi connectivity index (χ1n) is 17.6. The highest BCUT2D eigenvalue weighted by Gasteiger charge is 2.44. The van der Waals surface area contributed by atoms with Crippen molar-refractivity contribution in [2.75, 3.05) is 27.4 Å². The first-order valence-corrected chi connectivity index (χ1v) is 17.6. The molecule has 11 nitrogen and oxygen atoms in total. The largest absolute Gasteiger partial charge is 0.497 e. The van der Waals surface area contributed by atoms with E-state index in [0.717, 1.165) is 22.3 Å². The number of hydrogen-bond donors (Lipinski definition) is 3. The number of nitrogens with zero attached hydrogens (tertiary/aromatic N) is 1. The smallest absolute Gasteiger partial charge is 0.325 e. The van der Waals surface area contributed by atoms with Crippen LogP contribution in [0.3, 0.4) is 0 Å². The number of amides is 3. The molecule has 4 aromatic rings. The number of aliphatic hydroxyl groups is 1. The van der Waals surface area contributed by atoms with Gasteiger partial charge in [0.1, 0.15) is 41.3 Å². The second kappa shape index (κ2) is 16.1. The summed E-state index contributed by atoms with van der Waals surface area (Å²) in [5.41, 5.74) is 2.62. The molecular formula is C42H47N3O8. The lowest BCUT2D eigenvalue weighted by atomic mass is 9.80. The lowest BCUT2D eigenvalue weighted by molar-refractivity contribution is -0.123. The van der Waals surface area contributed by atoms with E-state index < -0.39 is 42.1 Å². The maximum atomic E-state index is 13.2. The molecule has 11 heteroatoms. The summed E-state index contributed by atoms with van der Waals surface area (Å²) in [6, 6.07) is 32.3. The van der Waals surface area contributed by atoms with E-state index >= 15 is 0 Å². The van der Waals surface area contributed by atoms with Gasteiger partial charge in [-0.2, -0.15) is 0 Å². The molecule has 53 heavy (non-hydrogen) atoms. The van der Waals surface area contributed by atoms with E-state index in [9.17, 15) is 14.7 Å². The van der Waals surface area contributed by atoms with Gasteiger partial charge in [-0.1, -0.05) is 87.5 Å². The van der Waals surface area contributed by atoms with Gasteiger partial charge in [-0.25, -0.2) is 4.79 Å². The minimum Gasteiger partial charge on any atom is -0.497 e. The Morgan fingerprint density at radius 2 is 1.38 bits per heavy atom. The van der Waals surface area contributed by atoms with Crippen LogP contribution in [0, 0.1) is 0 Å². The van der Waals surface area contributed by atoms with Crippen molar-refractivity contribution in [1.82, 2.24) is 15.5 Å². The van der Waals surface area contributed by atoms with Crippen LogP contribution in [0.15, 0.2) is 115 Å². The predicted octanol–water partition coefficient (Wildman–Crippen LogP) is 5.85. The summed E-state index contributed by atoms with van der Waals surface area (Å²) in [5.74, 6) is 1.58. The van der Waals surface area contributed by atoms with Crippen molar-refractivity contribution in [2.24, 2.45) is 0 Å². The molecule has 4 aromatic carbocycles. The van der Waals surface area contributed by atoms with Crippen molar-refractivity contribution in [3.8, 4) is 17.2 Å². The van der Waals surface area contributed by atoms with Crippen LogP contribution in [-0.4, -0.2) is 74.0 Å². The Morgan fingerprint density at radius 3 is 1.92 bits per heavy atom. The normalized spacial score (nSPS) is 20.1. The highest BCUT2D eigenvalue weighted by molar-refractivity contribution is 5.81. The third kappa shape index (κ3) is 8.49. The molecule has 0 bridgehead atoms. The quantitative estimate of drug-likeness (QED) is 0.147. The summed E-state index contributed by atoms with van der Waals surface area (Å²) in [5, 5.41) is 16.7. The summed E-state index contributed by atoms with van der Waals surface area (Å²) >= 11 is 0. The van der Waals surface area contributed by atoms with Gasteiger partial charge in [0.25, 0.3) is 5.91 Å². The molecule has 1 saturated heterocycles. The molecule has 3 amide bonds. The van der Waals surface area contributed by atoms with Crippen LogP contribution in [0.25, 0.3) is 0 Å². The number of carbonyl (C=O) groups excluding carboxylic acids is 2. The SMILES string of the molecule is COc1ccc(C(OC[C@H]2O[C@@H](N3C=CC(NC(=O)COc4ccc(C(C)(C)C)cc4)NC3=O)C[C@@H]2O)(c2ccccc2)c2ccc(OC)cc2)cc1. The fourth-order valence-corrected chi connectivity index (χ4v) is 6.55. The Balaban J connectivity index is 1.13. The molecule has 2 aliphatic heterocycles. The van der Waals surface area contributed by atoms with Gasteiger partial charge in [0, 0.05) is 12.6 Å².